The largest absolute Gasteiger partial charge is 0.508 e. The molecule has 0 spiro atoms. The van der Waals surface area contributed by atoms with Gasteiger partial charge in [0.2, 0.25) is 0 Å². The number of aliphatic hydroxyl groups is 7. The number of hydrogen-bond donors (Lipinski definition) is 10. The van der Waals surface area contributed by atoms with E-state index < -0.39 is 107 Å². The smallest absolute Gasteiger partial charge is 0.197 e. The number of aromatic hydroxyl groups is 3. The fourth-order valence-electron chi connectivity index (χ4n) is 5.11. The monoisotopic (exact) mass is 564 g/mol. The number of hydrogen-bond acceptors (Lipinski definition) is 14. The maximum Gasteiger partial charge on any atom is 0.197 e. The van der Waals surface area contributed by atoms with Crippen LogP contribution in [0.3, 0.4) is 0 Å². The summed E-state index contributed by atoms with van der Waals surface area (Å²) in [4.78, 5) is 13.4. The number of phenols is 3. The van der Waals surface area contributed by atoms with Gasteiger partial charge in [-0.05, 0) is 24.3 Å². The molecule has 3 aromatic rings. The second-order valence-electron chi connectivity index (χ2n) is 9.80. The molecular formula is C26H28O14. The zero-order chi connectivity index (χ0) is 29.0. The Morgan fingerprint density at radius 3 is 2.08 bits per heavy atom. The van der Waals surface area contributed by atoms with E-state index >= 15 is 0 Å². The molecule has 0 bridgehead atoms. The second kappa shape index (κ2) is 10.6. The molecule has 2 fully saturated rings. The molecule has 0 aliphatic carbocycles. The summed E-state index contributed by atoms with van der Waals surface area (Å²) in [5.41, 5.74) is -2.15. The maximum atomic E-state index is 13.4. The topological polar surface area (TPSA) is 251 Å². The van der Waals surface area contributed by atoms with Gasteiger partial charge in [-0.2, -0.15) is 0 Å². The summed E-state index contributed by atoms with van der Waals surface area (Å²) >= 11 is 0. The Morgan fingerprint density at radius 2 is 1.43 bits per heavy atom. The molecule has 40 heavy (non-hydrogen) atoms. The van der Waals surface area contributed by atoms with Gasteiger partial charge in [0.15, 0.2) is 11.0 Å². The van der Waals surface area contributed by atoms with Gasteiger partial charge in [0.05, 0.1) is 24.3 Å². The van der Waals surface area contributed by atoms with Gasteiger partial charge in [0.25, 0.3) is 0 Å². The molecule has 2 saturated heterocycles. The van der Waals surface area contributed by atoms with Crippen LogP contribution in [0.4, 0.5) is 0 Å². The lowest BCUT2D eigenvalue weighted by Gasteiger charge is -2.41. The van der Waals surface area contributed by atoms with Crippen LogP contribution in [-0.4, -0.2) is 107 Å². The predicted molar refractivity (Wildman–Crippen MR) is 132 cm³/mol. The first kappa shape index (κ1) is 28.2. The maximum absolute atomic E-state index is 13.4. The lowest BCUT2D eigenvalue weighted by Crippen LogP contribution is -2.55. The molecule has 14 nitrogen and oxygen atoms in total. The standard InChI is InChI=1S/C26H28O14/c27-6-13-18(32)21(35)23(37)26(40-13)15-19(33)14-10(29)5-12(8-1-3-9(28)4-2-8)39-24(14)16(20(15)34)25-22(36)17(31)11(30)7-38-25/h1-5,11,13,17-18,21-23,25-28,30-37H,6-7H2/t11-,13+,17-,18-,21-,22+,23+,25+,26-/m0/s1. The fourth-order valence-corrected chi connectivity index (χ4v) is 5.11. The van der Waals surface area contributed by atoms with Crippen molar-refractivity contribution in [2.24, 2.45) is 0 Å². The van der Waals surface area contributed by atoms with E-state index in [-0.39, 0.29) is 11.5 Å². The first-order valence-electron chi connectivity index (χ1n) is 12.3. The number of rotatable bonds is 4. The molecule has 216 valence electrons. The predicted octanol–water partition coefficient (Wildman–Crippen LogP) is -1.75. The Hall–Kier alpha value is -3.31. The molecule has 2 aromatic carbocycles. The minimum absolute atomic E-state index is 0.0710. The van der Waals surface area contributed by atoms with Crippen molar-refractivity contribution in [3.8, 4) is 28.6 Å². The molecule has 2 aliphatic rings. The van der Waals surface area contributed by atoms with Crippen molar-refractivity contribution in [3.05, 3.63) is 51.7 Å². The molecular weight excluding hydrogens is 536 g/mol. The number of fused-ring (bicyclic) bond motifs is 1. The van der Waals surface area contributed by atoms with E-state index in [0.717, 1.165) is 6.07 Å². The average molecular weight is 564 g/mol. The first-order chi connectivity index (χ1) is 19.0. The van der Waals surface area contributed by atoms with Gasteiger partial charge in [-0.3, -0.25) is 4.79 Å². The molecule has 0 amide bonds. The molecule has 1 aromatic heterocycles. The van der Waals surface area contributed by atoms with E-state index in [1.807, 2.05) is 0 Å². The Morgan fingerprint density at radius 1 is 0.775 bits per heavy atom. The summed E-state index contributed by atoms with van der Waals surface area (Å²) in [7, 11) is 0. The first-order valence-corrected chi connectivity index (χ1v) is 12.3. The highest BCUT2D eigenvalue weighted by molar-refractivity contribution is 5.92. The van der Waals surface area contributed by atoms with Gasteiger partial charge in [-0.1, -0.05) is 0 Å². The molecule has 2 aliphatic heterocycles. The molecule has 0 unspecified atom stereocenters. The molecule has 0 radical (unpaired) electrons. The summed E-state index contributed by atoms with van der Waals surface area (Å²) in [6, 6.07) is 6.50. The SMILES string of the molecule is O=c1cc(-c2ccc(O)cc2)oc2c([C@H]3OC[C@H](O)[C@H](O)[C@H]3O)c(O)c([C@@H]3O[C@H](CO)[C@H](O)[C@H](O)[C@H]3O)c(O)c12. The van der Waals surface area contributed by atoms with Crippen molar-refractivity contribution in [3.63, 3.8) is 0 Å². The Labute approximate surface area is 224 Å². The number of aliphatic hydroxyl groups excluding tert-OH is 7. The van der Waals surface area contributed by atoms with E-state index in [0.29, 0.717) is 5.56 Å². The third-order valence-electron chi connectivity index (χ3n) is 7.31. The van der Waals surface area contributed by atoms with Crippen LogP contribution in [0.2, 0.25) is 0 Å². The average Bonchev–Trinajstić information content (AvgIpc) is 2.92. The van der Waals surface area contributed by atoms with Gasteiger partial charge in [-0.15, -0.1) is 0 Å². The quantitative estimate of drug-likeness (QED) is 0.169. The van der Waals surface area contributed by atoms with Crippen LogP contribution in [0.1, 0.15) is 23.3 Å². The van der Waals surface area contributed by atoms with E-state index in [2.05, 4.69) is 0 Å². The normalized spacial score (nSPS) is 32.8. The highest BCUT2D eigenvalue weighted by Gasteiger charge is 2.48. The third-order valence-corrected chi connectivity index (χ3v) is 7.31. The van der Waals surface area contributed by atoms with Crippen LogP contribution in [0.15, 0.2) is 39.5 Å². The molecule has 5 rings (SSSR count). The van der Waals surface area contributed by atoms with Crippen molar-refractivity contribution in [2.75, 3.05) is 13.2 Å². The number of ether oxygens (including phenoxy) is 2. The van der Waals surface area contributed by atoms with Crippen LogP contribution >= 0.6 is 0 Å². The zero-order valence-corrected chi connectivity index (χ0v) is 20.6. The minimum atomic E-state index is -1.98. The Kier molecular flexibility index (Phi) is 7.47. The second-order valence-corrected chi connectivity index (χ2v) is 9.80. The lowest BCUT2D eigenvalue weighted by atomic mass is 9.85. The number of phenolic OH excluding ortho intramolecular Hbond substituents is 3. The van der Waals surface area contributed by atoms with Crippen molar-refractivity contribution in [2.45, 2.75) is 54.9 Å². The van der Waals surface area contributed by atoms with Crippen molar-refractivity contribution in [1.29, 1.82) is 0 Å². The van der Waals surface area contributed by atoms with Crippen molar-refractivity contribution >= 4 is 11.0 Å². The summed E-state index contributed by atoms with van der Waals surface area (Å²) in [6.45, 7) is -1.34. The van der Waals surface area contributed by atoms with Gasteiger partial charge in [0, 0.05) is 11.6 Å². The van der Waals surface area contributed by atoms with Gasteiger partial charge in [-0.25, -0.2) is 0 Å². The Bertz CT molecular complexity index is 1450. The molecule has 9 atom stereocenters. The van der Waals surface area contributed by atoms with E-state index in [9.17, 15) is 55.9 Å². The zero-order valence-electron chi connectivity index (χ0n) is 20.6. The van der Waals surface area contributed by atoms with Gasteiger partial charge in [0.1, 0.15) is 83.3 Å². The fraction of sp³-hybridized carbons (Fsp3) is 0.423. The van der Waals surface area contributed by atoms with Crippen molar-refractivity contribution in [1.82, 2.24) is 0 Å². The molecule has 10 N–H and O–H groups in total. The number of benzene rings is 2. The third kappa shape index (κ3) is 4.49. The molecule has 0 saturated carbocycles. The highest BCUT2D eigenvalue weighted by Crippen LogP contribution is 2.50. The molecule has 3 heterocycles. The van der Waals surface area contributed by atoms with Crippen molar-refractivity contribution < 1.29 is 65.0 Å². The van der Waals surface area contributed by atoms with Crippen LogP contribution in [-0.2, 0) is 9.47 Å². The van der Waals surface area contributed by atoms with Crippen LogP contribution < -0.4 is 5.43 Å². The summed E-state index contributed by atoms with van der Waals surface area (Å²) < 4.78 is 16.9. The highest BCUT2D eigenvalue weighted by atomic mass is 16.5. The van der Waals surface area contributed by atoms with Gasteiger partial charge >= 0.3 is 0 Å². The summed E-state index contributed by atoms with van der Waals surface area (Å²) in [5.74, 6) is -2.01. The van der Waals surface area contributed by atoms with Gasteiger partial charge < -0.3 is 65.0 Å². The summed E-state index contributed by atoms with van der Waals surface area (Å²) in [6.07, 6.45) is -15.7. The van der Waals surface area contributed by atoms with Crippen LogP contribution in [0.25, 0.3) is 22.3 Å². The Balaban J connectivity index is 1.80. The van der Waals surface area contributed by atoms with E-state index in [1.165, 1.54) is 24.3 Å². The van der Waals surface area contributed by atoms with E-state index in [4.69, 9.17) is 13.9 Å². The lowest BCUT2D eigenvalue weighted by molar-refractivity contribution is -0.232. The molecule has 14 heteroatoms. The minimum Gasteiger partial charge on any atom is -0.508 e. The van der Waals surface area contributed by atoms with E-state index in [1.54, 1.807) is 0 Å². The van der Waals surface area contributed by atoms with Crippen LogP contribution in [0.5, 0.6) is 17.2 Å². The van der Waals surface area contributed by atoms with Crippen LogP contribution in [0, 0.1) is 0 Å². The summed E-state index contributed by atoms with van der Waals surface area (Å²) in [5, 5.41) is 104.